The van der Waals surface area contributed by atoms with Crippen molar-refractivity contribution in [3.63, 3.8) is 0 Å². The summed E-state index contributed by atoms with van der Waals surface area (Å²) in [5.74, 6) is -1.59. The Morgan fingerprint density at radius 3 is 2.61 bits per heavy atom. The van der Waals surface area contributed by atoms with Crippen LogP contribution in [-0.2, 0) is 11.3 Å². The van der Waals surface area contributed by atoms with Gasteiger partial charge in [0.15, 0.2) is 5.67 Å². The van der Waals surface area contributed by atoms with Gasteiger partial charge in [-0.15, -0.1) is 0 Å². The molecule has 92 valence electrons. The first-order chi connectivity index (χ1) is 8.10. The van der Waals surface area contributed by atoms with Crippen LogP contribution >= 0.6 is 0 Å². The van der Waals surface area contributed by atoms with Crippen molar-refractivity contribution < 1.29 is 33.2 Å². The van der Waals surface area contributed by atoms with E-state index in [1.165, 1.54) is 0 Å². The third-order valence-corrected chi connectivity index (χ3v) is 3.07. The van der Waals surface area contributed by atoms with Gasteiger partial charge in [0.1, 0.15) is 0 Å². The molecule has 0 aliphatic carbocycles. The van der Waals surface area contributed by atoms with E-state index in [-0.39, 0.29) is 31.7 Å². The molecule has 2 rings (SSSR count). The van der Waals surface area contributed by atoms with Crippen LogP contribution in [0.3, 0.4) is 0 Å². The maximum atomic E-state index is 13.7. The molecule has 1 aliphatic rings. The Hall–Kier alpha value is -0.963. The molecular weight excluding hydrogens is 232 g/mol. The zero-order valence-corrected chi connectivity index (χ0v) is 10.3. The van der Waals surface area contributed by atoms with E-state index >= 15 is 0 Å². The summed E-state index contributed by atoms with van der Waals surface area (Å²) in [6, 6.07) is 1.84. The Bertz CT molecular complexity index is 397. The van der Waals surface area contributed by atoms with E-state index < -0.39 is 11.6 Å². The SMILES string of the molecule is O=C([O-])C1(F)CCN(Cc2ccnnc2)CC1.[Li+]. The van der Waals surface area contributed by atoms with Gasteiger partial charge in [-0.3, -0.25) is 4.90 Å². The first kappa shape index (κ1) is 15.1. The number of piperidine rings is 1. The maximum Gasteiger partial charge on any atom is 1.00 e. The third kappa shape index (κ3) is 3.51. The number of carboxylic acids is 1. The smallest absolute Gasteiger partial charge is 0.547 e. The molecule has 0 saturated carbocycles. The Kier molecular flexibility index (Phi) is 5.26. The van der Waals surface area contributed by atoms with Crippen molar-refractivity contribution in [1.29, 1.82) is 0 Å². The molecule has 1 aromatic heterocycles. The number of nitrogens with zero attached hydrogens (tertiary/aromatic N) is 3. The van der Waals surface area contributed by atoms with Crippen molar-refractivity contribution >= 4 is 5.97 Å². The first-order valence-corrected chi connectivity index (χ1v) is 5.48. The summed E-state index contributed by atoms with van der Waals surface area (Å²) in [4.78, 5) is 12.6. The number of carboxylic acid groups (broad SMARTS) is 1. The van der Waals surface area contributed by atoms with Gasteiger partial charge in [0.2, 0.25) is 0 Å². The van der Waals surface area contributed by atoms with Crippen molar-refractivity contribution in [2.75, 3.05) is 13.1 Å². The molecule has 0 unspecified atom stereocenters. The molecule has 1 fully saturated rings. The Morgan fingerprint density at radius 2 is 2.11 bits per heavy atom. The van der Waals surface area contributed by atoms with Crippen LogP contribution in [0.4, 0.5) is 4.39 Å². The fourth-order valence-corrected chi connectivity index (χ4v) is 1.94. The van der Waals surface area contributed by atoms with Crippen molar-refractivity contribution in [1.82, 2.24) is 15.1 Å². The second-order valence-electron chi connectivity index (χ2n) is 4.28. The molecule has 1 saturated heterocycles. The number of halogens is 1. The quantitative estimate of drug-likeness (QED) is 0.518. The summed E-state index contributed by atoms with van der Waals surface area (Å²) in [5.41, 5.74) is -1.17. The van der Waals surface area contributed by atoms with E-state index in [0.29, 0.717) is 19.6 Å². The van der Waals surface area contributed by atoms with Crippen LogP contribution in [0.5, 0.6) is 0 Å². The number of carbonyl (C=O) groups excluding carboxylic acids is 1. The van der Waals surface area contributed by atoms with E-state index in [0.717, 1.165) is 5.56 Å². The summed E-state index contributed by atoms with van der Waals surface area (Å²) in [7, 11) is 0. The van der Waals surface area contributed by atoms with Gasteiger partial charge in [-0.2, -0.15) is 10.2 Å². The van der Waals surface area contributed by atoms with Crippen molar-refractivity contribution in [3.05, 3.63) is 24.0 Å². The molecule has 0 bridgehead atoms. The van der Waals surface area contributed by atoms with Crippen LogP contribution in [0.15, 0.2) is 18.5 Å². The summed E-state index contributed by atoms with van der Waals surface area (Å²) >= 11 is 0. The molecular formula is C11H13FLiN3O2. The number of aliphatic carboxylic acids is 1. The zero-order valence-electron chi connectivity index (χ0n) is 10.3. The molecule has 0 aromatic carbocycles. The molecule has 0 amide bonds. The Balaban J connectivity index is 0.00000162. The Labute approximate surface area is 117 Å². The minimum atomic E-state index is -2.16. The number of likely N-dealkylation sites (tertiary alicyclic amines) is 1. The second-order valence-corrected chi connectivity index (χ2v) is 4.28. The number of carbonyl (C=O) groups is 1. The number of hydrogen-bond donors (Lipinski definition) is 0. The monoisotopic (exact) mass is 245 g/mol. The molecule has 1 aromatic rings. The molecule has 2 heterocycles. The fraction of sp³-hybridized carbons (Fsp3) is 0.545. The van der Waals surface area contributed by atoms with Crippen LogP contribution < -0.4 is 24.0 Å². The van der Waals surface area contributed by atoms with Gasteiger partial charge in [0.25, 0.3) is 0 Å². The summed E-state index contributed by atoms with van der Waals surface area (Å²) < 4.78 is 13.7. The van der Waals surface area contributed by atoms with Crippen LogP contribution in [0.2, 0.25) is 0 Å². The number of alkyl halides is 1. The molecule has 7 heteroatoms. The van der Waals surface area contributed by atoms with Gasteiger partial charge < -0.3 is 9.90 Å². The molecule has 0 spiro atoms. The molecule has 0 radical (unpaired) electrons. The van der Waals surface area contributed by atoms with Gasteiger partial charge in [0, 0.05) is 25.8 Å². The van der Waals surface area contributed by atoms with Crippen LogP contribution in [0.1, 0.15) is 18.4 Å². The minimum Gasteiger partial charge on any atom is -0.547 e. The second kappa shape index (κ2) is 6.28. The standard InChI is InChI=1S/C11H14FN3O2.Li/c12-11(10(16)17)2-5-15(6-3-11)8-9-1-4-13-14-7-9;/h1,4,7H,2-3,5-6,8H2,(H,16,17);/q;+1/p-1. The minimum absolute atomic E-state index is 0. The normalized spacial score (nSPS) is 18.9. The number of hydrogen-bond acceptors (Lipinski definition) is 5. The molecule has 0 N–H and O–H groups in total. The summed E-state index contributed by atoms with van der Waals surface area (Å²) in [6.07, 6.45) is 3.21. The van der Waals surface area contributed by atoms with Gasteiger partial charge in [-0.25, -0.2) is 4.39 Å². The molecule has 1 aliphatic heterocycles. The average molecular weight is 245 g/mol. The fourth-order valence-electron chi connectivity index (χ4n) is 1.94. The third-order valence-electron chi connectivity index (χ3n) is 3.07. The molecule has 18 heavy (non-hydrogen) atoms. The predicted octanol–water partition coefficient (Wildman–Crippen LogP) is -3.47. The summed E-state index contributed by atoms with van der Waals surface area (Å²) in [5, 5.41) is 18.0. The topological polar surface area (TPSA) is 69.2 Å². The van der Waals surface area contributed by atoms with Crippen molar-refractivity contribution in [3.8, 4) is 0 Å². The zero-order chi connectivity index (χ0) is 12.3. The van der Waals surface area contributed by atoms with Gasteiger partial charge in [0.05, 0.1) is 12.2 Å². The van der Waals surface area contributed by atoms with E-state index in [1.54, 1.807) is 12.4 Å². The molecule has 5 nitrogen and oxygen atoms in total. The first-order valence-electron chi connectivity index (χ1n) is 5.48. The molecule has 0 atom stereocenters. The van der Waals surface area contributed by atoms with Gasteiger partial charge >= 0.3 is 18.9 Å². The van der Waals surface area contributed by atoms with Gasteiger partial charge in [-0.1, -0.05) is 0 Å². The predicted molar refractivity (Wildman–Crippen MR) is 55.4 cm³/mol. The van der Waals surface area contributed by atoms with Crippen LogP contribution in [-0.4, -0.2) is 39.8 Å². The number of aromatic nitrogens is 2. The number of rotatable bonds is 3. The van der Waals surface area contributed by atoms with E-state index in [2.05, 4.69) is 10.2 Å². The van der Waals surface area contributed by atoms with Crippen molar-refractivity contribution in [2.45, 2.75) is 25.1 Å². The largest absolute Gasteiger partial charge is 1.00 e. The van der Waals surface area contributed by atoms with E-state index in [9.17, 15) is 14.3 Å². The van der Waals surface area contributed by atoms with E-state index in [1.807, 2.05) is 11.0 Å². The Morgan fingerprint density at radius 1 is 1.44 bits per heavy atom. The van der Waals surface area contributed by atoms with Crippen LogP contribution in [0.25, 0.3) is 0 Å². The summed E-state index contributed by atoms with van der Waals surface area (Å²) in [6.45, 7) is 1.46. The maximum absolute atomic E-state index is 13.7. The van der Waals surface area contributed by atoms with Gasteiger partial charge in [-0.05, 0) is 24.5 Å². The van der Waals surface area contributed by atoms with E-state index in [4.69, 9.17) is 0 Å². The average Bonchev–Trinajstić information content (AvgIpc) is 2.33. The van der Waals surface area contributed by atoms with Crippen molar-refractivity contribution in [2.24, 2.45) is 0 Å². The van der Waals surface area contributed by atoms with Crippen LogP contribution in [0, 0.1) is 0 Å².